The van der Waals surface area contributed by atoms with E-state index in [-0.39, 0.29) is 0 Å². The van der Waals surface area contributed by atoms with Crippen LogP contribution in [-0.4, -0.2) is 88.2 Å². The number of nitrogens with zero attached hydrogens (tertiary/aromatic N) is 2. The van der Waals surface area contributed by atoms with Gasteiger partial charge in [-0.3, -0.25) is 19.3 Å². The van der Waals surface area contributed by atoms with Crippen LogP contribution >= 0.6 is 11.8 Å². The molecule has 1 aromatic carbocycles. The quantitative estimate of drug-likeness (QED) is 0.333. The predicted octanol–water partition coefficient (Wildman–Crippen LogP) is 0.945. The molecule has 12 nitrogen and oxygen atoms in total. The van der Waals surface area contributed by atoms with E-state index in [2.05, 4.69) is 5.32 Å². The third-order valence-electron chi connectivity index (χ3n) is 5.59. The number of thioether (sulfide) groups is 1. The van der Waals surface area contributed by atoms with Crippen LogP contribution in [0.5, 0.6) is 5.75 Å². The van der Waals surface area contributed by atoms with Crippen molar-refractivity contribution in [2.45, 2.75) is 43.4 Å². The number of fused-ring (bicyclic) bond motifs is 1. The first-order valence-corrected chi connectivity index (χ1v) is 13.3. The fourth-order valence-electron chi connectivity index (χ4n) is 3.60. The van der Waals surface area contributed by atoms with Crippen LogP contribution in [0.4, 0.5) is 13.2 Å². The Hall–Kier alpha value is -3.05. The smallest absolute Gasteiger partial charge is 0.484 e. The van der Waals surface area contributed by atoms with E-state index in [1.54, 1.807) is 30.3 Å². The van der Waals surface area contributed by atoms with Crippen LogP contribution in [0.1, 0.15) is 20.8 Å². The number of esters is 1. The predicted molar refractivity (Wildman–Crippen MR) is 125 cm³/mol. The summed E-state index contributed by atoms with van der Waals surface area (Å²) in [4.78, 5) is 50.6. The molecule has 1 aromatic rings. The largest absolute Gasteiger partial charge is 0.511 e. The van der Waals surface area contributed by atoms with E-state index in [9.17, 15) is 45.9 Å². The van der Waals surface area contributed by atoms with Gasteiger partial charge >= 0.3 is 27.5 Å². The van der Waals surface area contributed by atoms with Crippen molar-refractivity contribution in [3.8, 4) is 5.75 Å². The number of rotatable bonds is 8. The number of benzene rings is 1. The summed E-state index contributed by atoms with van der Waals surface area (Å²) in [5, 5.41) is 11.1. The van der Waals surface area contributed by atoms with Crippen molar-refractivity contribution in [2.24, 2.45) is 5.41 Å². The summed E-state index contributed by atoms with van der Waals surface area (Å²) in [6, 6.07) is 6.74. The van der Waals surface area contributed by atoms with Crippen LogP contribution in [-0.2, 0) is 33.9 Å². The molecule has 0 saturated carbocycles. The highest BCUT2D eigenvalue weighted by molar-refractivity contribution is 8.01. The van der Waals surface area contributed by atoms with Crippen LogP contribution in [0.15, 0.2) is 30.3 Å². The molecular weight excluding hydrogens is 559 g/mol. The molecule has 0 bridgehead atoms. The van der Waals surface area contributed by atoms with Crippen molar-refractivity contribution >= 4 is 45.5 Å². The molecule has 0 radical (unpaired) electrons. The van der Waals surface area contributed by atoms with Gasteiger partial charge in [0.1, 0.15) is 23.8 Å². The highest BCUT2D eigenvalue weighted by Gasteiger charge is 2.72. The van der Waals surface area contributed by atoms with Gasteiger partial charge in [-0.25, -0.2) is 13.2 Å². The van der Waals surface area contributed by atoms with E-state index in [1.807, 2.05) is 0 Å². The van der Waals surface area contributed by atoms with E-state index >= 15 is 0 Å². The number of sulfonamides is 1. The van der Waals surface area contributed by atoms with E-state index in [0.29, 0.717) is 22.4 Å². The number of carbonyl (C=O) groups excluding carboxylic acids is 3. The number of alkyl halides is 3. The van der Waals surface area contributed by atoms with Crippen LogP contribution < -0.4 is 10.1 Å². The standard InChI is InChI=1S/C21H24F3N3O9S2/c1-19(2,3)18(32)36-10-20(17(30)31)26(38(33,34)21(22,23)24)11-37-16-14(15(29)27(16)20)25-13(28)9-35-12-7-5-4-6-8-12/h4-8,14,16H,9-11H2,1-3H3,(H,25,28)(H,30,31). The number of hydrogen-bond acceptors (Lipinski definition) is 9. The number of β-lactam (4-membered cyclic amide) rings is 1. The van der Waals surface area contributed by atoms with Gasteiger partial charge in [-0.05, 0) is 32.9 Å². The Bertz CT molecular complexity index is 1220. The van der Waals surface area contributed by atoms with Crippen molar-refractivity contribution in [3.05, 3.63) is 30.3 Å². The van der Waals surface area contributed by atoms with Gasteiger partial charge in [-0.15, -0.1) is 16.1 Å². The Morgan fingerprint density at radius 2 is 1.79 bits per heavy atom. The topological polar surface area (TPSA) is 160 Å². The molecule has 17 heteroatoms. The molecule has 2 fully saturated rings. The lowest BCUT2D eigenvalue weighted by Gasteiger charge is -2.59. The van der Waals surface area contributed by atoms with Crippen molar-refractivity contribution in [1.29, 1.82) is 0 Å². The van der Waals surface area contributed by atoms with Gasteiger partial charge in [0.25, 0.3) is 11.8 Å². The van der Waals surface area contributed by atoms with Gasteiger partial charge in [0.2, 0.25) is 5.66 Å². The van der Waals surface area contributed by atoms with Crippen molar-refractivity contribution in [2.75, 3.05) is 19.1 Å². The zero-order valence-electron chi connectivity index (χ0n) is 20.2. The molecule has 2 heterocycles. The van der Waals surface area contributed by atoms with Crippen molar-refractivity contribution in [1.82, 2.24) is 14.5 Å². The highest BCUT2D eigenvalue weighted by Crippen LogP contribution is 2.47. The van der Waals surface area contributed by atoms with E-state index < -0.39 is 85.2 Å². The lowest BCUT2D eigenvalue weighted by molar-refractivity contribution is -0.196. The number of nitrogens with one attached hydrogen (secondary N) is 1. The minimum absolute atomic E-state index is 0.342. The molecule has 3 unspecified atom stereocenters. The molecule has 210 valence electrons. The number of amides is 2. The molecule has 0 aromatic heterocycles. The van der Waals surface area contributed by atoms with Gasteiger partial charge in [0.05, 0.1) is 11.3 Å². The summed E-state index contributed by atoms with van der Waals surface area (Å²) in [6.07, 6.45) is 0. The summed E-state index contributed by atoms with van der Waals surface area (Å²) < 4.78 is 75.1. The van der Waals surface area contributed by atoms with Crippen LogP contribution in [0, 0.1) is 5.41 Å². The SMILES string of the molecule is CC(C)(C)C(=O)OCC1(C(=O)O)N2C(=O)C(NC(=O)COc3ccccc3)C2SCN1S(=O)(=O)C(F)(F)F. The minimum atomic E-state index is -6.32. The fourth-order valence-corrected chi connectivity index (χ4v) is 6.51. The molecule has 2 aliphatic rings. The summed E-state index contributed by atoms with van der Waals surface area (Å²) in [6.45, 7) is 2.18. The second kappa shape index (κ2) is 10.3. The first-order valence-electron chi connectivity index (χ1n) is 10.9. The minimum Gasteiger partial charge on any atom is -0.484 e. The zero-order chi connectivity index (χ0) is 28.7. The van der Waals surface area contributed by atoms with E-state index in [4.69, 9.17) is 9.47 Å². The summed E-state index contributed by atoms with van der Waals surface area (Å²) in [7, 11) is -6.32. The second-order valence-electron chi connectivity index (χ2n) is 9.29. The number of hydrogen-bond donors (Lipinski definition) is 2. The molecule has 2 saturated heterocycles. The molecular formula is C21H24F3N3O9S2. The maximum atomic E-state index is 13.5. The molecule has 2 aliphatic heterocycles. The third kappa shape index (κ3) is 5.26. The Kier molecular flexibility index (Phi) is 7.96. The van der Waals surface area contributed by atoms with Gasteiger partial charge < -0.3 is 19.9 Å². The van der Waals surface area contributed by atoms with Crippen LogP contribution in [0.3, 0.4) is 0 Å². The van der Waals surface area contributed by atoms with Gasteiger partial charge in [0.15, 0.2) is 6.61 Å². The Morgan fingerprint density at radius 1 is 1.18 bits per heavy atom. The summed E-state index contributed by atoms with van der Waals surface area (Å²) >= 11 is 0.484. The van der Waals surface area contributed by atoms with Gasteiger partial charge in [-0.2, -0.15) is 13.2 Å². The number of carboxylic acids is 1. The molecule has 38 heavy (non-hydrogen) atoms. The molecule has 2 amide bonds. The van der Waals surface area contributed by atoms with E-state index in [0.717, 1.165) is 0 Å². The Labute approximate surface area is 219 Å². The number of carboxylic acid groups (broad SMARTS) is 1. The van der Waals surface area contributed by atoms with E-state index in [1.165, 1.54) is 20.8 Å². The third-order valence-corrected chi connectivity index (χ3v) is 8.58. The molecule has 3 atom stereocenters. The summed E-state index contributed by atoms with van der Waals surface area (Å²) in [5.74, 6) is -5.93. The number of aliphatic carboxylic acids is 1. The zero-order valence-corrected chi connectivity index (χ0v) is 21.9. The maximum absolute atomic E-state index is 13.5. The number of ether oxygens (including phenoxy) is 2. The average molecular weight is 584 g/mol. The monoisotopic (exact) mass is 583 g/mol. The van der Waals surface area contributed by atoms with Crippen LogP contribution in [0.2, 0.25) is 0 Å². The number of para-hydroxylation sites is 1. The number of carbonyl (C=O) groups is 4. The lowest BCUT2D eigenvalue weighted by Crippen LogP contribution is -2.85. The van der Waals surface area contributed by atoms with Gasteiger partial charge in [0, 0.05) is 0 Å². The first-order chi connectivity index (χ1) is 17.4. The Balaban J connectivity index is 1.90. The van der Waals surface area contributed by atoms with Crippen molar-refractivity contribution < 1.29 is 55.3 Å². The van der Waals surface area contributed by atoms with Gasteiger partial charge in [-0.1, -0.05) is 18.2 Å². The second-order valence-corrected chi connectivity index (χ2v) is 12.2. The molecule has 3 rings (SSSR count). The lowest BCUT2D eigenvalue weighted by atomic mass is 9.96. The van der Waals surface area contributed by atoms with Crippen LogP contribution in [0.25, 0.3) is 0 Å². The Morgan fingerprint density at radius 3 is 2.32 bits per heavy atom. The maximum Gasteiger partial charge on any atom is 0.511 e. The first kappa shape index (κ1) is 29.5. The molecule has 2 N–H and O–H groups in total. The van der Waals surface area contributed by atoms with Crippen molar-refractivity contribution in [3.63, 3.8) is 0 Å². The number of halogens is 3. The highest BCUT2D eigenvalue weighted by atomic mass is 32.2. The summed E-state index contributed by atoms with van der Waals surface area (Å²) in [5.41, 5.74) is -10.4. The molecule has 0 spiro atoms. The normalized spacial score (nSPS) is 24.2. The average Bonchev–Trinajstić information content (AvgIpc) is 2.82. The molecule has 0 aliphatic carbocycles. The fraction of sp³-hybridized carbons (Fsp3) is 0.524.